The van der Waals surface area contributed by atoms with Crippen LogP contribution < -0.4 is 16.2 Å². The van der Waals surface area contributed by atoms with E-state index in [1.54, 1.807) is 0 Å². The van der Waals surface area contributed by atoms with Gasteiger partial charge in [0.05, 0.1) is 6.61 Å². The molecular formula is C15H23BrN2O2. The van der Waals surface area contributed by atoms with Crippen LogP contribution in [0, 0.1) is 5.41 Å². The largest absolute Gasteiger partial charge is 0.494 e. The van der Waals surface area contributed by atoms with Crippen LogP contribution >= 0.6 is 15.9 Å². The van der Waals surface area contributed by atoms with E-state index in [2.05, 4.69) is 15.9 Å². The van der Waals surface area contributed by atoms with Gasteiger partial charge in [-0.05, 0) is 37.0 Å². The van der Waals surface area contributed by atoms with E-state index < -0.39 is 0 Å². The van der Waals surface area contributed by atoms with E-state index >= 15 is 0 Å². The number of amides is 1. The molecule has 0 aliphatic rings. The minimum atomic E-state index is -0.304. The molecule has 1 rings (SSSR count). The SMILES string of the molecule is CCOc1ccc(Br)cc1C(N)CC(C)(C)CC(N)=O. The maximum Gasteiger partial charge on any atom is 0.217 e. The number of hydrogen-bond donors (Lipinski definition) is 2. The molecule has 0 heterocycles. The Bertz CT molecular complexity index is 475. The quantitative estimate of drug-likeness (QED) is 0.798. The summed E-state index contributed by atoms with van der Waals surface area (Å²) in [6, 6.07) is 5.60. The van der Waals surface area contributed by atoms with Crippen molar-refractivity contribution in [3.63, 3.8) is 0 Å². The number of carbonyl (C=O) groups excluding carboxylic acids is 1. The molecule has 1 unspecified atom stereocenters. The van der Waals surface area contributed by atoms with Crippen molar-refractivity contribution in [1.82, 2.24) is 0 Å². The average Bonchev–Trinajstić information content (AvgIpc) is 2.29. The van der Waals surface area contributed by atoms with E-state index in [9.17, 15) is 4.79 Å². The van der Waals surface area contributed by atoms with Crippen molar-refractivity contribution in [2.45, 2.75) is 39.7 Å². The van der Waals surface area contributed by atoms with Crippen LogP contribution in [0.3, 0.4) is 0 Å². The summed E-state index contributed by atoms with van der Waals surface area (Å²) in [6.45, 7) is 6.52. The van der Waals surface area contributed by atoms with Gasteiger partial charge in [-0.25, -0.2) is 0 Å². The summed E-state index contributed by atoms with van der Waals surface area (Å²) < 4.78 is 6.57. The third kappa shape index (κ3) is 5.13. The van der Waals surface area contributed by atoms with E-state index in [0.717, 1.165) is 15.8 Å². The number of hydrogen-bond acceptors (Lipinski definition) is 3. The van der Waals surface area contributed by atoms with Crippen LogP contribution in [0.4, 0.5) is 0 Å². The standard InChI is InChI=1S/C15H23BrN2O2/c1-4-20-13-6-5-10(16)7-11(13)12(17)8-15(2,3)9-14(18)19/h5-7,12H,4,8-9,17H2,1-3H3,(H2,18,19). The molecule has 0 radical (unpaired) electrons. The van der Waals surface area contributed by atoms with Gasteiger partial charge >= 0.3 is 0 Å². The fourth-order valence-corrected chi connectivity index (χ4v) is 2.72. The summed E-state index contributed by atoms with van der Waals surface area (Å²) in [4.78, 5) is 11.1. The molecule has 0 saturated carbocycles. The Morgan fingerprint density at radius 3 is 2.65 bits per heavy atom. The van der Waals surface area contributed by atoms with Crippen molar-refractivity contribution in [2.75, 3.05) is 6.61 Å². The summed E-state index contributed by atoms with van der Waals surface area (Å²) in [7, 11) is 0. The van der Waals surface area contributed by atoms with E-state index in [1.807, 2.05) is 39.0 Å². The molecule has 1 aromatic rings. The number of halogens is 1. The first-order valence-electron chi connectivity index (χ1n) is 6.71. The van der Waals surface area contributed by atoms with Crippen LogP contribution in [0.5, 0.6) is 5.75 Å². The molecule has 0 bridgehead atoms. The third-order valence-corrected chi connectivity index (χ3v) is 3.59. The molecule has 1 amide bonds. The molecule has 112 valence electrons. The molecule has 1 aromatic carbocycles. The van der Waals surface area contributed by atoms with Crippen LogP contribution in [0.1, 0.15) is 45.2 Å². The number of rotatable bonds is 7. The highest BCUT2D eigenvalue weighted by Gasteiger charge is 2.26. The first kappa shape index (κ1) is 17.0. The maximum atomic E-state index is 11.1. The number of carbonyl (C=O) groups is 1. The fourth-order valence-electron chi connectivity index (χ4n) is 2.35. The molecule has 4 nitrogen and oxygen atoms in total. The Morgan fingerprint density at radius 1 is 1.45 bits per heavy atom. The van der Waals surface area contributed by atoms with Gasteiger partial charge in [-0.2, -0.15) is 0 Å². The average molecular weight is 343 g/mol. The van der Waals surface area contributed by atoms with Crippen molar-refractivity contribution in [3.05, 3.63) is 28.2 Å². The molecule has 5 heteroatoms. The van der Waals surface area contributed by atoms with Crippen molar-refractivity contribution >= 4 is 21.8 Å². The van der Waals surface area contributed by atoms with Crippen LogP contribution in [0.2, 0.25) is 0 Å². The Labute approximate surface area is 129 Å². The molecule has 0 aromatic heterocycles. The van der Waals surface area contributed by atoms with Crippen LogP contribution in [0.25, 0.3) is 0 Å². The zero-order valence-corrected chi connectivity index (χ0v) is 13.9. The van der Waals surface area contributed by atoms with Gasteiger partial charge in [0.25, 0.3) is 0 Å². The fraction of sp³-hybridized carbons (Fsp3) is 0.533. The van der Waals surface area contributed by atoms with Gasteiger partial charge in [0.15, 0.2) is 0 Å². The van der Waals surface area contributed by atoms with Crippen LogP contribution in [-0.2, 0) is 4.79 Å². The minimum Gasteiger partial charge on any atom is -0.494 e. The van der Waals surface area contributed by atoms with Crippen molar-refractivity contribution in [1.29, 1.82) is 0 Å². The number of primary amides is 1. The predicted octanol–water partition coefficient (Wildman–Crippen LogP) is 3.14. The summed E-state index contributed by atoms with van der Waals surface area (Å²) in [6.07, 6.45) is 0.977. The zero-order valence-electron chi connectivity index (χ0n) is 12.3. The lowest BCUT2D eigenvalue weighted by atomic mass is 9.81. The summed E-state index contributed by atoms with van der Waals surface area (Å²) in [5.74, 6) is 0.486. The Balaban J connectivity index is 2.93. The first-order chi connectivity index (χ1) is 9.25. The molecule has 4 N–H and O–H groups in total. The second kappa shape index (κ2) is 7.09. The number of ether oxygens (including phenoxy) is 1. The van der Waals surface area contributed by atoms with Gasteiger partial charge in [0.1, 0.15) is 5.75 Å². The lowest BCUT2D eigenvalue weighted by Gasteiger charge is -2.27. The van der Waals surface area contributed by atoms with E-state index in [1.165, 1.54) is 0 Å². The van der Waals surface area contributed by atoms with Crippen molar-refractivity contribution < 1.29 is 9.53 Å². The van der Waals surface area contributed by atoms with E-state index in [4.69, 9.17) is 16.2 Å². The predicted molar refractivity (Wildman–Crippen MR) is 84.4 cm³/mol. The molecule has 0 fully saturated rings. The van der Waals surface area contributed by atoms with Gasteiger partial charge in [-0.1, -0.05) is 29.8 Å². The van der Waals surface area contributed by atoms with Gasteiger partial charge in [0.2, 0.25) is 5.91 Å². The highest BCUT2D eigenvalue weighted by atomic mass is 79.9. The smallest absolute Gasteiger partial charge is 0.217 e. The van der Waals surface area contributed by atoms with Gasteiger partial charge in [-0.15, -0.1) is 0 Å². The molecule has 0 aliphatic carbocycles. The van der Waals surface area contributed by atoms with E-state index in [0.29, 0.717) is 19.4 Å². The normalized spacial score (nSPS) is 13.1. The summed E-state index contributed by atoms with van der Waals surface area (Å²) in [5.41, 5.74) is 12.3. The van der Waals surface area contributed by atoms with Crippen LogP contribution in [0.15, 0.2) is 22.7 Å². The third-order valence-electron chi connectivity index (χ3n) is 3.10. The summed E-state index contributed by atoms with van der Waals surface area (Å²) >= 11 is 3.45. The van der Waals surface area contributed by atoms with Gasteiger partial charge in [-0.3, -0.25) is 4.79 Å². The Morgan fingerprint density at radius 2 is 2.10 bits per heavy atom. The monoisotopic (exact) mass is 342 g/mol. The van der Waals surface area contributed by atoms with Crippen molar-refractivity contribution in [3.8, 4) is 5.75 Å². The molecule has 0 aliphatic heterocycles. The molecule has 20 heavy (non-hydrogen) atoms. The second-order valence-electron chi connectivity index (χ2n) is 5.73. The number of nitrogens with two attached hydrogens (primary N) is 2. The van der Waals surface area contributed by atoms with E-state index in [-0.39, 0.29) is 17.4 Å². The highest BCUT2D eigenvalue weighted by molar-refractivity contribution is 9.10. The topological polar surface area (TPSA) is 78.3 Å². The van der Waals surface area contributed by atoms with Crippen LogP contribution in [-0.4, -0.2) is 12.5 Å². The van der Waals surface area contributed by atoms with Crippen molar-refractivity contribution in [2.24, 2.45) is 16.9 Å². The number of benzene rings is 1. The van der Waals surface area contributed by atoms with Gasteiger partial charge in [0, 0.05) is 22.5 Å². The maximum absolute atomic E-state index is 11.1. The first-order valence-corrected chi connectivity index (χ1v) is 7.50. The van der Waals surface area contributed by atoms with Gasteiger partial charge < -0.3 is 16.2 Å². The highest BCUT2D eigenvalue weighted by Crippen LogP contribution is 2.36. The Hall–Kier alpha value is -1.07. The summed E-state index contributed by atoms with van der Waals surface area (Å²) in [5, 5.41) is 0. The second-order valence-corrected chi connectivity index (χ2v) is 6.65. The molecule has 0 spiro atoms. The molecule has 1 atom stereocenters. The lowest BCUT2D eigenvalue weighted by molar-refractivity contribution is -0.120. The molecular weight excluding hydrogens is 320 g/mol. The lowest BCUT2D eigenvalue weighted by Crippen LogP contribution is -2.27. The Kier molecular flexibility index (Phi) is 6.02. The minimum absolute atomic E-state index is 0.205. The zero-order chi connectivity index (χ0) is 15.3. The molecule has 0 saturated heterocycles.